The number of fused-ring (bicyclic) bond motifs is 8. The first-order valence-electron chi connectivity index (χ1n) is 19.9. The predicted molar refractivity (Wildman–Crippen MR) is 208 cm³/mol. The highest BCUT2D eigenvalue weighted by molar-refractivity contribution is 9.10. The summed E-state index contributed by atoms with van der Waals surface area (Å²) >= 11 is 3.64. The molecule has 2 amide bonds. The van der Waals surface area contributed by atoms with E-state index in [0.29, 0.717) is 29.0 Å². The number of aromatic nitrogens is 2. The third-order valence-electron chi connectivity index (χ3n) is 13.6. The number of anilines is 1. The zero-order valence-electron chi connectivity index (χ0n) is 30.5. The number of carbonyl (C=O) groups excluding carboxylic acids is 2. The molecule has 10 rings (SSSR count). The van der Waals surface area contributed by atoms with Gasteiger partial charge in [-0.25, -0.2) is 4.39 Å². The maximum atomic E-state index is 15.2. The van der Waals surface area contributed by atoms with Crippen molar-refractivity contribution >= 4 is 44.3 Å². The van der Waals surface area contributed by atoms with Crippen LogP contribution in [-0.4, -0.2) is 64.6 Å². The number of halogens is 2. The first-order chi connectivity index (χ1) is 26.2. The number of rotatable bonds is 4. The number of imide groups is 1. The summed E-state index contributed by atoms with van der Waals surface area (Å²) in [7, 11) is 0. The Balaban J connectivity index is 0.802. The van der Waals surface area contributed by atoms with E-state index in [4.69, 9.17) is 9.72 Å². The summed E-state index contributed by atoms with van der Waals surface area (Å²) < 4.78 is 24.8. The largest absolute Gasteiger partial charge is 0.486 e. The Labute approximate surface area is 322 Å². The van der Waals surface area contributed by atoms with Gasteiger partial charge in [0.1, 0.15) is 23.0 Å². The fourth-order valence-electron chi connectivity index (χ4n) is 10.8. The Morgan fingerprint density at radius 1 is 0.926 bits per heavy atom. The molecule has 4 fully saturated rings. The standard InChI is InChI=1S/C43H45BrFN5O4/c44-32-5-4-6-34-38(32)40(53)47-41-43(13-2-1-3-14-43)31-9-7-28(22-35(31)50(34)41)49-17-11-26(12-18-49)25-48-19-15-42(16-20-48)24-27-21-30(33(45)23-36(27)54-42)29-8-10-37(51)46-39(29)52/h4-7,9,21-23,26,29H,1-3,8,10-20,24-25H2,(H,46,51,52). The minimum absolute atomic E-state index is 0.149. The monoisotopic (exact) mass is 793 g/mol. The van der Waals surface area contributed by atoms with E-state index in [2.05, 4.69) is 59.9 Å². The molecule has 54 heavy (non-hydrogen) atoms. The number of nitrogens with one attached hydrogen (secondary N) is 1. The molecule has 1 aliphatic carbocycles. The molecule has 0 bridgehead atoms. The number of benzene rings is 3. The Kier molecular flexibility index (Phi) is 8.29. The lowest BCUT2D eigenvalue weighted by molar-refractivity contribution is -0.134. The van der Waals surface area contributed by atoms with Gasteiger partial charge in [-0.15, -0.1) is 0 Å². The number of amides is 2. The first-order valence-corrected chi connectivity index (χ1v) is 20.7. The molecule has 1 atom stereocenters. The Bertz CT molecular complexity index is 2270. The predicted octanol–water partition coefficient (Wildman–Crippen LogP) is 7.06. The van der Waals surface area contributed by atoms with Crippen LogP contribution in [0.3, 0.4) is 0 Å². The quantitative estimate of drug-likeness (QED) is 0.221. The molecule has 2 spiro atoms. The molecule has 11 heteroatoms. The lowest BCUT2D eigenvalue weighted by Crippen LogP contribution is -2.49. The van der Waals surface area contributed by atoms with Crippen LogP contribution in [0.2, 0.25) is 0 Å². The van der Waals surface area contributed by atoms with Crippen molar-refractivity contribution in [2.24, 2.45) is 5.92 Å². The van der Waals surface area contributed by atoms with Crippen molar-refractivity contribution in [1.82, 2.24) is 19.8 Å². The molecule has 0 radical (unpaired) electrons. The molecule has 3 aromatic carbocycles. The SMILES string of the molecule is O=C1CCC(c2cc3c(cc2F)OC2(CCN(CC4CCN(c5ccc6c(c5)-n5c(nc(=O)c7c(Br)cccc75)C65CCCCC5)CC4)CC2)C3)C(=O)N1. The van der Waals surface area contributed by atoms with Crippen molar-refractivity contribution in [2.45, 2.75) is 94.0 Å². The number of hydrogen-bond donors (Lipinski definition) is 1. The molecule has 6 aliphatic rings. The second kappa shape index (κ2) is 13.0. The maximum absolute atomic E-state index is 15.2. The summed E-state index contributed by atoms with van der Waals surface area (Å²) in [6.45, 7) is 4.98. The molecule has 1 N–H and O–H groups in total. The molecule has 280 valence electrons. The highest BCUT2D eigenvalue weighted by Gasteiger charge is 2.47. The summed E-state index contributed by atoms with van der Waals surface area (Å²) in [5.74, 6) is 0.356. The highest BCUT2D eigenvalue weighted by atomic mass is 79.9. The lowest BCUT2D eigenvalue weighted by atomic mass is 9.70. The van der Waals surface area contributed by atoms with Gasteiger partial charge in [-0.05, 0) is 95.4 Å². The van der Waals surface area contributed by atoms with Crippen molar-refractivity contribution in [3.8, 4) is 11.4 Å². The number of piperidine rings is 3. The van der Waals surface area contributed by atoms with Crippen LogP contribution >= 0.6 is 15.9 Å². The minimum Gasteiger partial charge on any atom is -0.486 e. The topological polar surface area (TPSA) is 96.8 Å². The van der Waals surface area contributed by atoms with Crippen LogP contribution in [0.4, 0.5) is 10.1 Å². The van der Waals surface area contributed by atoms with Gasteiger partial charge >= 0.3 is 0 Å². The van der Waals surface area contributed by atoms with Crippen molar-refractivity contribution in [1.29, 1.82) is 0 Å². The highest BCUT2D eigenvalue weighted by Crippen LogP contribution is 2.52. The second-order valence-electron chi connectivity index (χ2n) is 16.7. The fourth-order valence-corrected chi connectivity index (χ4v) is 11.3. The van der Waals surface area contributed by atoms with Crippen LogP contribution in [0.25, 0.3) is 16.6 Å². The minimum atomic E-state index is -0.641. The normalized spacial score (nSPS) is 23.4. The third kappa shape index (κ3) is 5.54. The van der Waals surface area contributed by atoms with E-state index in [9.17, 15) is 14.4 Å². The van der Waals surface area contributed by atoms with Crippen molar-refractivity contribution < 1.29 is 18.7 Å². The second-order valence-corrected chi connectivity index (χ2v) is 17.6. The molecule has 5 aliphatic heterocycles. The Morgan fingerprint density at radius 3 is 2.50 bits per heavy atom. The van der Waals surface area contributed by atoms with E-state index in [1.54, 1.807) is 0 Å². The van der Waals surface area contributed by atoms with Crippen molar-refractivity contribution in [3.05, 3.63) is 91.7 Å². The van der Waals surface area contributed by atoms with E-state index < -0.39 is 17.6 Å². The summed E-state index contributed by atoms with van der Waals surface area (Å²) in [5, 5.41) is 3.01. The molecule has 3 saturated heterocycles. The zero-order chi connectivity index (χ0) is 36.8. The van der Waals surface area contributed by atoms with Crippen LogP contribution in [0.15, 0.2) is 57.8 Å². The van der Waals surface area contributed by atoms with Crippen LogP contribution in [-0.2, 0) is 21.4 Å². The third-order valence-corrected chi connectivity index (χ3v) is 14.3. The average Bonchev–Trinajstić information content (AvgIpc) is 3.64. The van der Waals surface area contributed by atoms with Gasteiger partial charge in [-0.3, -0.25) is 24.3 Å². The van der Waals surface area contributed by atoms with E-state index in [-0.39, 0.29) is 28.9 Å². The molecule has 6 heterocycles. The van der Waals surface area contributed by atoms with Crippen LogP contribution in [0, 0.1) is 11.7 Å². The van der Waals surface area contributed by atoms with Crippen molar-refractivity contribution in [2.75, 3.05) is 37.6 Å². The first kappa shape index (κ1) is 34.4. The number of ether oxygens (including phenoxy) is 1. The number of carbonyl (C=O) groups is 2. The molecule has 1 unspecified atom stereocenters. The molecular weight excluding hydrogens is 749 g/mol. The van der Waals surface area contributed by atoms with E-state index in [1.165, 1.54) is 29.4 Å². The smallest absolute Gasteiger partial charge is 0.281 e. The number of likely N-dealkylation sites (tertiary alicyclic amines) is 1. The van der Waals surface area contributed by atoms with E-state index in [1.807, 2.05) is 18.2 Å². The molecule has 9 nitrogen and oxygen atoms in total. The molecule has 1 saturated carbocycles. The summed E-state index contributed by atoms with van der Waals surface area (Å²) in [5.41, 5.74) is 5.31. The summed E-state index contributed by atoms with van der Waals surface area (Å²) in [4.78, 5) is 47.5. The van der Waals surface area contributed by atoms with Crippen LogP contribution < -0.4 is 20.5 Å². The molecule has 4 aromatic rings. The van der Waals surface area contributed by atoms with Crippen molar-refractivity contribution in [3.63, 3.8) is 0 Å². The fraction of sp³-hybridized carbons (Fsp3) is 0.488. The van der Waals surface area contributed by atoms with Crippen LogP contribution in [0.5, 0.6) is 5.75 Å². The zero-order valence-corrected chi connectivity index (χ0v) is 32.1. The van der Waals surface area contributed by atoms with Gasteiger partial charge in [0.15, 0.2) is 0 Å². The van der Waals surface area contributed by atoms with E-state index in [0.717, 1.165) is 112 Å². The maximum Gasteiger partial charge on any atom is 0.281 e. The lowest BCUT2D eigenvalue weighted by Gasteiger charge is -2.41. The van der Waals surface area contributed by atoms with Gasteiger partial charge in [0.05, 0.1) is 27.9 Å². The Hall–Kier alpha value is -4.09. The summed E-state index contributed by atoms with van der Waals surface area (Å²) in [6, 6.07) is 16.3. The van der Waals surface area contributed by atoms with Gasteiger partial charge in [0, 0.05) is 80.2 Å². The molecular formula is C43H45BrFN5O4. The Morgan fingerprint density at radius 2 is 1.72 bits per heavy atom. The number of nitrogens with zero attached hydrogens (tertiary/aromatic N) is 4. The van der Waals surface area contributed by atoms with Gasteiger partial charge in [-0.2, -0.15) is 4.98 Å². The summed E-state index contributed by atoms with van der Waals surface area (Å²) in [6.07, 6.45) is 10.9. The van der Waals surface area contributed by atoms with Gasteiger partial charge < -0.3 is 14.5 Å². The average molecular weight is 795 g/mol. The van der Waals surface area contributed by atoms with E-state index >= 15 is 4.39 Å². The van der Waals surface area contributed by atoms with Gasteiger partial charge in [-0.1, -0.05) is 31.4 Å². The molecule has 1 aromatic heterocycles. The van der Waals surface area contributed by atoms with Gasteiger partial charge in [0.2, 0.25) is 11.8 Å². The van der Waals surface area contributed by atoms with Crippen LogP contribution in [0.1, 0.15) is 99.1 Å². The van der Waals surface area contributed by atoms with Gasteiger partial charge in [0.25, 0.3) is 5.56 Å². The number of hydrogen-bond acceptors (Lipinski definition) is 7.